The number of methoxy groups -OCH3 is 1. The highest BCUT2D eigenvalue weighted by Gasteiger charge is 2.35. The van der Waals surface area contributed by atoms with Crippen LogP contribution in [0.25, 0.3) is 6.08 Å². The smallest absolute Gasteiger partial charge is 0.293 e. The van der Waals surface area contributed by atoms with E-state index >= 15 is 0 Å². The van der Waals surface area contributed by atoms with Gasteiger partial charge in [0.15, 0.2) is 11.5 Å². The Kier molecular flexibility index (Phi) is 7.85. The summed E-state index contributed by atoms with van der Waals surface area (Å²) in [6, 6.07) is 18.9. The zero-order valence-corrected chi connectivity index (χ0v) is 22.2. The Morgan fingerprint density at radius 3 is 2.47 bits per heavy atom. The molecule has 1 heterocycles. The van der Waals surface area contributed by atoms with Crippen LogP contribution in [0.2, 0.25) is 5.02 Å². The number of carbonyl (C=O) groups is 2. The highest BCUT2D eigenvalue weighted by molar-refractivity contribution is 14.1. The topological polar surface area (TPSA) is 55.8 Å². The van der Waals surface area contributed by atoms with Crippen LogP contribution in [0, 0.1) is 10.5 Å². The number of rotatable bonds is 7. The first-order valence-corrected chi connectivity index (χ1v) is 12.7. The van der Waals surface area contributed by atoms with Gasteiger partial charge in [-0.15, -0.1) is 0 Å². The lowest BCUT2D eigenvalue weighted by molar-refractivity contribution is -0.123. The summed E-state index contributed by atoms with van der Waals surface area (Å²) in [5, 5.41) is 0.196. The van der Waals surface area contributed by atoms with Gasteiger partial charge in [0, 0.05) is 5.02 Å². The molecule has 0 radical (unpaired) electrons. The molecule has 0 N–H and O–H groups in total. The van der Waals surface area contributed by atoms with Gasteiger partial charge in [-0.25, -0.2) is 0 Å². The van der Waals surface area contributed by atoms with E-state index in [1.165, 1.54) is 4.90 Å². The van der Waals surface area contributed by atoms with Crippen molar-refractivity contribution in [2.24, 2.45) is 0 Å². The summed E-state index contributed by atoms with van der Waals surface area (Å²) in [7, 11) is 1.58. The number of aryl methyl sites for hydroxylation is 1. The second kappa shape index (κ2) is 10.8. The number of hydrogen-bond donors (Lipinski definition) is 0. The SMILES string of the molecule is COc1cc(/C=C2\SC(=O)N(Cc3ccccc3Cl)C2=O)cc(I)c1OCc1ccccc1C. The molecule has 0 atom stereocenters. The second-order valence-corrected chi connectivity index (χ2v) is 10.2. The summed E-state index contributed by atoms with van der Waals surface area (Å²) in [5.74, 6) is 0.848. The van der Waals surface area contributed by atoms with Crippen molar-refractivity contribution >= 4 is 63.2 Å². The van der Waals surface area contributed by atoms with Crippen molar-refractivity contribution in [2.75, 3.05) is 7.11 Å². The summed E-state index contributed by atoms with van der Waals surface area (Å²) in [5.41, 5.74) is 3.71. The monoisotopic (exact) mass is 605 g/mol. The molecule has 1 saturated heterocycles. The molecule has 1 aliphatic rings. The van der Waals surface area contributed by atoms with Crippen LogP contribution < -0.4 is 9.47 Å². The lowest BCUT2D eigenvalue weighted by Crippen LogP contribution is -2.27. The predicted molar refractivity (Wildman–Crippen MR) is 144 cm³/mol. The summed E-state index contributed by atoms with van der Waals surface area (Å²) in [6.07, 6.45) is 1.70. The lowest BCUT2D eigenvalue weighted by Gasteiger charge is -2.15. The number of benzene rings is 3. The van der Waals surface area contributed by atoms with Crippen LogP contribution in [0.5, 0.6) is 11.5 Å². The molecule has 0 unspecified atom stereocenters. The highest BCUT2D eigenvalue weighted by atomic mass is 127. The summed E-state index contributed by atoms with van der Waals surface area (Å²) >= 11 is 9.31. The molecule has 0 aromatic heterocycles. The van der Waals surface area contributed by atoms with E-state index in [1.807, 2.05) is 49.4 Å². The quantitative estimate of drug-likeness (QED) is 0.213. The standard InChI is InChI=1S/C26H21ClINO4S/c1-16-7-3-4-9-19(16)15-33-24-21(28)11-17(12-22(24)32-2)13-23-25(30)29(26(31)34-23)14-18-8-5-6-10-20(18)27/h3-13H,14-15H2,1-2H3/b23-13-. The number of hydrogen-bond acceptors (Lipinski definition) is 5. The largest absolute Gasteiger partial charge is 0.493 e. The maximum atomic E-state index is 12.9. The number of thioether (sulfide) groups is 1. The van der Waals surface area contributed by atoms with Gasteiger partial charge in [-0.1, -0.05) is 54.1 Å². The van der Waals surface area contributed by atoms with E-state index < -0.39 is 0 Å². The molecule has 0 aliphatic carbocycles. The molecule has 174 valence electrons. The summed E-state index contributed by atoms with van der Waals surface area (Å²) in [6.45, 7) is 2.59. The number of imide groups is 1. The van der Waals surface area contributed by atoms with Crippen molar-refractivity contribution in [1.82, 2.24) is 4.90 Å². The fourth-order valence-corrected chi connectivity index (χ4v) is 5.28. The Morgan fingerprint density at radius 1 is 1.06 bits per heavy atom. The third-order valence-corrected chi connectivity index (χ3v) is 7.42. The molecule has 0 saturated carbocycles. The Morgan fingerprint density at radius 2 is 1.76 bits per heavy atom. The Bertz CT molecular complexity index is 1290. The molecule has 1 aliphatic heterocycles. The maximum Gasteiger partial charge on any atom is 0.293 e. The molecular weight excluding hydrogens is 585 g/mol. The van der Waals surface area contributed by atoms with E-state index in [0.717, 1.165) is 37.6 Å². The first kappa shape index (κ1) is 24.6. The van der Waals surface area contributed by atoms with E-state index in [-0.39, 0.29) is 17.7 Å². The molecule has 34 heavy (non-hydrogen) atoms. The zero-order valence-electron chi connectivity index (χ0n) is 18.5. The molecule has 3 aromatic rings. The summed E-state index contributed by atoms with van der Waals surface area (Å²) < 4.78 is 12.5. The van der Waals surface area contributed by atoms with Crippen molar-refractivity contribution in [3.8, 4) is 11.5 Å². The fourth-order valence-electron chi connectivity index (χ4n) is 3.47. The van der Waals surface area contributed by atoms with Crippen LogP contribution in [-0.2, 0) is 17.9 Å². The Labute approximate surface area is 221 Å². The van der Waals surface area contributed by atoms with E-state index in [9.17, 15) is 9.59 Å². The van der Waals surface area contributed by atoms with E-state index in [4.69, 9.17) is 21.1 Å². The molecule has 4 rings (SSSR count). The van der Waals surface area contributed by atoms with Gasteiger partial charge in [0.1, 0.15) is 6.61 Å². The van der Waals surface area contributed by atoms with Gasteiger partial charge in [-0.2, -0.15) is 0 Å². The van der Waals surface area contributed by atoms with E-state index in [2.05, 4.69) is 22.6 Å². The van der Waals surface area contributed by atoms with Crippen LogP contribution in [0.4, 0.5) is 4.79 Å². The van der Waals surface area contributed by atoms with Gasteiger partial charge in [0.2, 0.25) is 0 Å². The first-order valence-electron chi connectivity index (χ1n) is 10.4. The minimum absolute atomic E-state index is 0.133. The van der Waals surface area contributed by atoms with Crippen LogP contribution in [0.3, 0.4) is 0 Å². The highest BCUT2D eigenvalue weighted by Crippen LogP contribution is 2.38. The average molecular weight is 606 g/mol. The zero-order chi connectivity index (χ0) is 24.2. The maximum absolute atomic E-state index is 12.9. The van der Waals surface area contributed by atoms with Crippen molar-refractivity contribution in [1.29, 1.82) is 0 Å². The van der Waals surface area contributed by atoms with E-state index in [1.54, 1.807) is 31.4 Å². The molecule has 0 spiro atoms. The lowest BCUT2D eigenvalue weighted by atomic mass is 10.1. The summed E-state index contributed by atoms with van der Waals surface area (Å²) in [4.78, 5) is 27.0. The molecule has 1 fully saturated rings. The minimum atomic E-state index is -0.344. The van der Waals surface area contributed by atoms with Gasteiger partial charge in [0.05, 0.1) is 22.1 Å². The number of nitrogens with zero attached hydrogens (tertiary/aromatic N) is 1. The van der Waals surface area contributed by atoms with Crippen LogP contribution in [-0.4, -0.2) is 23.2 Å². The second-order valence-electron chi connectivity index (χ2n) is 7.61. The van der Waals surface area contributed by atoms with Crippen LogP contribution in [0.1, 0.15) is 22.3 Å². The van der Waals surface area contributed by atoms with Crippen LogP contribution in [0.15, 0.2) is 65.6 Å². The predicted octanol–water partition coefficient (Wildman–Crippen LogP) is 7.08. The van der Waals surface area contributed by atoms with Gasteiger partial charge in [-0.05, 0) is 87.8 Å². The minimum Gasteiger partial charge on any atom is -0.493 e. The van der Waals surface area contributed by atoms with Gasteiger partial charge < -0.3 is 9.47 Å². The van der Waals surface area contributed by atoms with Gasteiger partial charge in [0.25, 0.3) is 11.1 Å². The molecular formula is C26H21ClINO4S. The van der Waals surface area contributed by atoms with Gasteiger partial charge >= 0.3 is 0 Å². The molecule has 3 aromatic carbocycles. The number of halogens is 2. The van der Waals surface area contributed by atoms with Crippen molar-refractivity contribution in [2.45, 2.75) is 20.1 Å². The first-order chi connectivity index (χ1) is 16.4. The average Bonchev–Trinajstić information content (AvgIpc) is 3.07. The molecule has 5 nitrogen and oxygen atoms in total. The van der Waals surface area contributed by atoms with E-state index in [0.29, 0.717) is 28.0 Å². The number of ether oxygens (including phenoxy) is 2. The van der Waals surface area contributed by atoms with Crippen LogP contribution >= 0.6 is 46.0 Å². The van der Waals surface area contributed by atoms with Gasteiger partial charge in [-0.3, -0.25) is 14.5 Å². The van der Waals surface area contributed by atoms with Crippen molar-refractivity contribution in [3.05, 3.63) is 96.4 Å². The third-order valence-electron chi connectivity index (χ3n) is 5.34. The number of carbonyl (C=O) groups excluding carboxylic acids is 2. The fraction of sp³-hybridized carbons (Fsp3) is 0.154. The molecule has 2 amide bonds. The van der Waals surface area contributed by atoms with Crippen molar-refractivity contribution in [3.63, 3.8) is 0 Å². The molecule has 8 heteroatoms. The normalized spacial score (nSPS) is 14.7. The Hall–Kier alpha value is -2.49. The van der Waals surface area contributed by atoms with Crippen molar-refractivity contribution < 1.29 is 19.1 Å². The number of amides is 2. The Balaban J connectivity index is 1.55. The molecule has 0 bridgehead atoms. The third kappa shape index (κ3) is 5.42.